The average Bonchev–Trinajstić information content (AvgIpc) is 2.36. The molecule has 98 valence electrons. The Labute approximate surface area is 127 Å². The molecule has 0 radical (unpaired) electrons. The van der Waals surface area contributed by atoms with Gasteiger partial charge in [-0.15, -0.1) is 10.2 Å². The largest absolute Gasteiger partial charge is 0.320 e. The van der Waals surface area contributed by atoms with Crippen LogP contribution in [0.2, 0.25) is 10.3 Å². The van der Waals surface area contributed by atoms with Crippen LogP contribution < -0.4 is 5.32 Å². The number of anilines is 1. The highest BCUT2D eigenvalue weighted by molar-refractivity contribution is 9.10. The van der Waals surface area contributed by atoms with Gasteiger partial charge in [0.25, 0.3) is 5.91 Å². The van der Waals surface area contributed by atoms with Crippen molar-refractivity contribution in [2.45, 2.75) is 6.92 Å². The molecule has 5 nitrogen and oxygen atoms in total. The Bertz CT molecular complexity index is 651. The van der Waals surface area contributed by atoms with Gasteiger partial charge in [-0.25, -0.2) is 4.98 Å². The molecule has 2 heterocycles. The molecule has 2 aromatic rings. The van der Waals surface area contributed by atoms with Gasteiger partial charge in [0.05, 0.1) is 17.4 Å². The van der Waals surface area contributed by atoms with Crippen LogP contribution in [-0.4, -0.2) is 21.1 Å². The second-order valence-corrected chi connectivity index (χ2v) is 5.15. The number of hydrogen-bond donors (Lipinski definition) is 1. The normalized spacial score (nSPS) is 10.3. The van der Waals surface area contributed by atoms with E-state index in [4.69, 9.17) is 23.2 Å². The predicted molar refractivity (Wildman–Crippen MR) is 76.7 cm³/mol. The summed E-state index contributed by atoms with van der Waals surface area (Å²) >= 11 is 14.8. The second kappa shape index (κ2) is 5.81. The lowest BCUT2D eigenvalue weighted by Gasteiger charge is -2.07. The van der Waals surface area contributed by atoms with Crippen LogP contribution in [0.1, 0.15) is 15.9 Å². The van der Waals surface area contributed by atoms with Crippen molar-refractivity contribution in [1.82, 2.24) is 15.2 Å². The molecule has 2 rings (SSSR count). The summed E-state index contributed by atoms with van der Waals surface area (Å²) in [7, 11) is 0. The maximum Gasteiger partial charge on any atom is 0.259 e. The van der Waals surface area contributed by atoms with Gasteiger partial charge in [-0.3, -0.25) is 4.79 Å². The molecule has 19 heavy (non-hydrogen) atoms. The van der Waals surface area contributed by atoms with Crippen molar-refractivity contribution in [2.24, 2.45) is 0 Å². The van der Waals surface area contributed by atoms with Crippen molar-refractivity contribution >= 4 is 50.7 Å². The van der Waals surface area contributed by atoms with E-state index >= 15 is 0 Å². The van der Waals surface area contributed by atoms with E-state index in [1.165, 1.54) is 12.3 Å². The lowest BCUT2D eigenvalue weighted by Crippen LogP contribution is -2.14. The van der Waals surface area contributed by atoms with Gasteiger partial charge in [0.1, 0.15) is 4.60 Å². The van der Waals surface area contributed by atoms with Crippen molar-refractivity contribution in [3.05, 3.63) is 44.4 Å². The van der Waals surface area contributed by atoms with Gasteiger partial charge in [-0.1, -0.05) is 23.2 Å². The summed E-state index contributed by atoms with van der Waals surface area (Å²) in [5.74, 6) is -0.426. The molecule has 0 fully saturated rings. The van der Waals surface area contributed by atoms with E-state index in [1.54, 1.807) is 6.07 Å². The summed E-state index contributed by atoms with van der Waals surface area (Å²) in [5, 5.41) is 9.86. The third-order valence-corrected chi connectivity index (χ3v) is 3.53. The van der Waals surface area contributed by atoms with E-state index in [2.05, 4.69) is 36.4 Å². The molecule has 1 amide bonds. The van der Waals surface area contributed by atoms with E-state index in [0.29, 0.717) is 5.69 Å². The maximum atomic E-state index is 12.0. The van der Waals surface area contributed by atoms with E-state index in [1.807, 2.05) is 6.92 Å². The van der Waals surface area contributed by atoms with Crippen LogP contribution in [0.25, 0.3) is 0 Å². The number of aromatic nitrogens is 3. The number of nitrogens with one attached hydrogen (secondary N) is 1. The first-order chi connectivity index (χ1) is 8.97. The molecule has 1 N–H and O–H groups in total. The number of amides is 1. The Hall–Kier alpha value is -1.24. The van der Waals surface area contributed by atoms with E-state index in [9.17, 15) is 4.79 Å². The van der Waals surface area contributed by atoms with Crippen molar-refractivity contribution in [3.8, 4) is 0 Å². The summed E-state index contributed by atoms with van der Waals surface area (Å²) < 4.78 is 0.720. The van der Waals surface area contributed by atoms with E-state index in [-0.39, 0.29) is 15.9 Å². The minimum atomic E-state index is -0.426. The summed E-state index contributed by atoms with van der Waals surface area (Å²) in [5.41, 5.74) is 1.60. The minimum Gasteiger partial charge on any atom is -0.320 e. The summed E-state index contributed by atoms with van der Waals surface area (Å²) in [4.78, 5) is 16.1. The molecule has 0 unspecified atom stereocenters. The molecule has 0 aliphatic carbocycles. The lowest BCUT2D eigenvalue weighted by molar-refractivity contribution is 0.102. The second-order valence-electron chi connectivity index (χ2n) is 3.66. The third-order valence-electron chi connectivity index (χ3n) is 2.24. The zero-order chi connectivity index (χ0) is 14.0. The zero-order valence-electron chi connectivity index (χ0n) is 9.62. The molecule has 0 saturated heterocycles. The Morgan fingerprint density at radius 1 is 1.32 bits per heavy atom. The standard InChI is InChI=1S/C11H7BrCl2N4O/c1-5-2-6(4-15-9(5)12)16-11(19)7-3-8(13)17-18-10(7)14/h2-4H,1H3,(H,16,19). The van der Waals surface area contributed by atoms with Crippen LogP contribution >= 0.6 is 39.1 Å². The Morgan fingerprint density at radius 3 is 2.74 bits per heavy atom. The summed E-state index contributed by atoms with van der Waals surface area (Å²) in [6.07, 6.45) is 1.53. The lowest BCUT2D eigenvalue weighted by atomic mass is 10.2. The van der Waals surface area contributed by atoms with Gasteiger partial charge < -0.3 is 5.32 Å². The SMILES string of the molecule is Cc1cc(NC(=O)c2cc(Cl)nnc2Cl)cnc1Br. The fraction of sp³-hybridized carbons (Fsp3) is 0.0909. The molecule has 0 aromatic carbocycles. The van der Waals surface area contributed by atoms with Crippen molar-refractivity contribution in [1.29, 1.82) is 0 Å². The van der Waals surface area contributed by atoms with Gasteiger partial charge in [0, 0.05) is 0 Å². The van der Waals surface area contributed by atoms with Gasteiger partial charge in [-0.05, 0) is 40.5 Å². The highest BCUT2D eigenvalue weighted by Crippen LogP contribution is 2.20. The third kappa shape index (κ3) is 3.40. The summed E-state index contributed by atoms with van der Waals surface area (Å²) in [6, 6.07) is 3.13. The van der Waals surface area contributed by atoms with Crippen LogP contribution in [0.3, 0.4) is 0 Å². The van der Waals surface area contributed by atoms with Crippen LogP contribution in [0.15, 0.2) is 22.9 Å². The molecular formula is C11H7BrCl2N4O. The highest BCUT2D eigenvalue weighted by Gasteiger charge is 2.13. The van der Waals surface area contributed by atoms with Crippen molar-refractivity contribution < 1.29 is 4.79 Å². The molecule has 2 aromatic heterocycles. The molecule has 0 atom stereocenters. The number of carbonyl (C=O) groups excluding carboxylic acids is 1. The van der Waals surface area contributed by atoms with Crippen LogP contribution in [0, 0.1) is 6.92 Å². The zero-order valence-corrected chi connectivity index (χ0v) is 12.7. The first kappa shape index (κ1) is 14.2. The molecule has 8 heteroatoms. The molecule has 0 spiro atoms. The highest BCUT2D eigenvalue weighted by atomic mass is 79.9. The number of rotatable bonds is 2. The van der Waals surface area contributed by atoms with Gasteiger partial charge >= 0.3 is 0 Å². The fourth-order valence-corrected chi connectivity index (χ4v) is 1.88. The van der Waals surface area contributed by atoms with Crippen LogP contribution in [0.5, 0.6) is 0 Å². The van der Waals surface area contributed by atoms with Gasteiger partial charge in [0.2, 0.25) is 0 Å². The monoisotopic (exact) mass is 360 g/mol. The minimum absolute atomic E-state index is 0.0105. The number of pyridine rings is 1. The van der Waals surface area contributed by atoms with E-state index in [0.717, 1.165) is 10.2 Å². The Kier molecular flexibility index (Phi) is 4.34. The van der Waals surface area contributed by atoms with Gasteiger partial charge in [0.15, 0.2) is 10.3 Å². The number of aryl methyl sites for hydroxylation is 1. The van der Waals surface area contributed by atoms with Gasteiger partial charge in [-0.2, -0.15) is 0 Å². The molecule has 0 bridgehead atoms. The molecule has 0 aliphatic rings. The predicted octanol–water partition coefficient (Wildman–Crippen LogP) is 3.50. The Morgan fingerprint density at radius 2 is 2.05 bits per heavy atom. The average molecular weight is 362 g/mol. The smallest absolute Gasteiger partial charge is 0.259 e. The number of nitrogens with zero attached hydrogens (tertiary/aromatic N) is 3. The van der Waals surface area contributed by atoms with Crippen LogP contribution in [-0.2, 0) is 0 Å². The number of halogens is 3. The fourth-order valence-electron chi connectivity index (χ4n) is 1.34. The van der Waals surface area contributed by atoms with Crippen LogP contribution in [0.4, 0.5) is 5.69 Å². The topological polar surface area (TPSA) is 67.8 Å². The Balaban J connectivity index is 2.25. The van der Waals surface area contributed by atoms with E-state index < -0.39 is 5.91 Å². The maximum absolute atomic E-state index is 12.0. The quantitative estimate of drug-likeness (QED) is 0.831. The molecule has 0 aliphatic heterocycles. The van der Waals surface area contributed by atoms with Crippen molar-refractivity contribution in [2.75, 3.05) is 5.32 Å². The first-order valence-electron chi connectivity index (χ1n) is 5.09. The number of hydrogen-bond acceptors (Lipinski definition) is 4. The molecular weight excluding hydrogens is 355 g/mol. The summed E-state index contributed by atoms with van der Waals surface area (Å²) in [6.45, 7) is 1.87. The number of carbonyl (C=O) groups is 1. The first-order valence-corrected chi connectivity index (χ1v) is 6.64. The molecule has 0 saturated carbocycles. The van der Waals surface area contributed by atoms with Crippen molar-refractivity contribution in [3.63, 3.8) is 0 Å².